The van der Waals surface area contributed by atoms with Gasteiger partial charge in [-0.05, 0) is 30.7 Å². The third-order valence-corrected chi connectivity index (χ3v) is 4.02. The molecule has 0 N–H and O–H groups in total. The van der Waals surface area contributed by atoms with Crippen molar-refractivity contribution in [1.82, 2.24) is 4.57 Å². The van der Waals surface area contributed by atoms with Gasteiger partial charge in [-0.3, -0.25) is 0 Å². The molecule has 2 aromatic rings. The van der Waals surface area contributed by atoms with Gasteiger partial charge in [0.15, 0.2) is 0 Å². The summed E-state index contributed by atoms with van der Waals surface area (Å²) in [5.41, 5.74) is 3.97. The van der Waals surface area contributed by atoms with Gasteiger partial charge < -0.3 is 9.30 Å². The maximum atomic E-state index is 5.66. The summed E-state index contributed by atoms with van der Waals surface area (Å²) in [6.07, 6.45) is 4.27. The van der Waals surface area contributed by atoms with E-state index in [9.17, 15) is 0 Å². The predicted molar refractivity (Wildman–Crippen MR) is 71.7 cm³/mol. The average molecular weight is 245 g/mol. The Balaban J connectivity index is 1.89. The molecule has 0 aliphatic carbocycles. The lowest BCUT2D eigenvalue weighted by Crippen LogP contribution is -1.93. The number of aromatic nitrogens is 1. The number of rotatable bonds is 2. The molecule has 2 heterocycles. The molecular formula is C14H15NOS. The zero-order valence-corrected chi connectivity index (χ0v) is 10.6. The lowest BCUT2D eigenvalue weighted by molar-refractivity contribution is 0.145. The molecule has 0 spiro atoms. The zero-order valence-electron chi connectivity index (χ0n) is 9.80. The molecule has 1 aromatic carbocycles. The van der Waals surface area contributed by atoms with Crippen molar-refractivity contribution in [3.63, 3.8) is 0 Å². The highest BCUT2D eigenvalue weighted by Gasteiger charge is 2.19. The van der Waals surface area contributed by atoms with E-state index in [0.29, 0.717) is 0 Å². The van der Waals surface area contributed by atoms with E-state index in [-0.39, 0.29) is 5.44 Å². The van der Waals surface area contributed by atoms with Gasteiger partial charge in [0.2, 0.25) is 0 Å². The Hall–Kier alpha value is -1.19. The molecule has 0 bridgehead atoms. The van der Waals surface area contributed by atoms with Crippen LogP contribution in [0.2, 0.25) is 0 Å². The van der Waals surface area contributed by atoms with Crippen molar-refractivity contribution in [2.24, 2.45) is 0 Å². The van der Waals surface area contributed by atoms with Gasteiger partial charge in [-0.2, -0.15) is 0 Å². The first-order valence-corrected chi connectivity index (χ1v) is 6.86. The van der Waals surface area contributed by atoms with Gasteiger partial charge in [-0.25, -0.2) is 0 Å². The van der Waals surface area contributed by atoms with E-state index in [1.54, 1.807) is 0 Å². The van der Waals surface area contributed by atoms with Gasteiger partial charge in [-0.15, -0.1) is 11.8 Å². The molecule has 17 heavy (non-hydrogen) atoms. The van der Waals surface area contributed by atoms with Gasteiger partial charge in [0.05, 0.1) is 6.61 Å². The Morgan fingerprint density at radius 1 is 1.35 bits per heavy atom. The molecule has 88 valence electrons. The van der Waals surface area contributed by atoms with E-state index >= 15 is 0 Å². The monoisotopic (exact) mass is 245 g/mol. The minimum atomic E-state index is 0.223. The second-order valence-electron chi connectivity index (χ2n) is 4.26. The van der Waals surface area contributed by atoms with Crippen LogP contribution in [0.1, 0.15) is 16.6 Å². The topological polar surface area (TPSA) is 14.2 Å². The van der Waals surface area contributed by atoms with Gasteiger partial charge in [-0.1, -0.05) is 12.1 Å². The van der Waals surface area contributed by atoms with Crippen LogP contribution in [0.15, 0.2) is 42.7 Å². The van der Waals surface area contributed by atoms with E-state index in [4.69, 9.17) is 4.74 Å². The van der Waals surface area contributed by atoms with Crippen LogP contribution in [0.25, 0.3) is 5.69 Å². The number of ether oxygens (including phenoxy) is 1. The summed E-state index contributed by atoms with van der Waals surface area (Å²) in [5.74, 6) is 1.10. The number of thioether (sulfide) groups is 1. The number of benzene rings is 1. The van der Waals surface area contributed by atoms with E-state index in [1.807, 2.05) is 11.8 Å². The number of hydrogen-bond donors (Lipinski definition) is 0. The maximum absolute atomic E-state index is 5.66. The van der Waals surface area contributed by atoms with E-state index in [0.717, 1.165) is 12.4 Å². The minimum Gasteiger partial charge on any atom is -0.362 e. The maximum Gasteiger partial charge on any atom is 0.130 e. The molecule has 1 aliphatic rings. The highest BCUT2D eigenvalue weighted by Crippen LogP contribution is 2.35. The zero-order chi connectivity index (χ0) is 11.7. The molecule has 3 heteroatoms. The SMILES string of the molecule is Cc1cccc(-n2ccc([C@@H]3OCCS3)c2)c1. The van der Waals surface area contributed by atoms with Crippen LogP contribution in [0.3, 0.4) is 0 Å². The number of aryl methyl sites for hydroxylation is 1. The molecule has 3 rings (SSSR count). The van der Waals surface area contributed by atoms with E-state index in [2.05, 4.69) is 54.2 Å². The van der Waals surface area contributed by atoms with Crippen LogP contribution in [0.5, 0.6) is 0 Å². The van der Waals surface area contributed by atoms with Crippen LogP contribution in [0, 0.1) is 6.92 Å². The first-order valence-electron chi connectivity index (χ1n) is 5.81. The highest BCUT2D eigenvalue weighted by molar-refractivity contribution is 7.99. The average Bonchev–Trinajstić information content (AvgIpc) is 3.00. The highest BCUT2D eigenvalue weighted by atomic mass is 32.2. The van der Waals surface area contributed by atoms with Crippen LogP contribution in [-0.2, 0) is 4.74 Å². The summed E-state index contributed by atoms with van der Waals surface area (Å²) in [7, 11) is 0. The first-order chi connectivity index (χ1) is 8.33. The molecule has 1 aromatic heterocycles. The first kappa shape index (κ1) is 10.9. The van der Waals surface area contributed by atoms with Gasteiger partial charge >= 0.3 is 0 Å². The van der Waals surface area contributed by atoms with Crippen molar-refractivity contribution < 1.29 is 4.74 Å². The lowest BCUT2D eigenvalue weighted by Gasteiger charge is -2.06. The minimum absolute atomic E-state index is 0.223. The Labute approximate surface area is 106 Å². The molecule has 0 saturated carbocycles. The molecule has 0 amide bonds. The van der Waals surface area contributed by atoms with E-state index in [1.165, 1.54) is 16.8 Å². The predicted octanol–water partition coefficient (Wildman–Crippen LogP) is 3.55. The summed E-state index contributed by atoms with van der Waals surface area (Å²) < 4.78 is 7.82. The summed E-state index contributed by atoms with van der Waals surface area (Å²) in [5, 5.41) is 0. The second kappa shape index (κ2) is 4.59. The fourth-order valence-electron chi connectivity index (χ4n) is 2.05. The van der Waals surface area contributed by atoms with Crippen molar-refractivity contribution in [2.75, 3.05) is 12.4 Å². The lowest BCUT2D eigenvalue weighted by atomic mass is 10.2. The second-order valence-corrected chi connectivity index (χ2v) is 5.43. The van der Waals surface area contributed by atoms with Crippen molar-refractivity contribution >= 4 is 11.8 Å². The Morgan fingerprint density at radius 3 is 3.06 bits per heavy atom. The standard InChI is InChI=1S/C14H15NOS/c1-11-3-2-4-13(9-11)15-6-5-12(10-15)14-16-7-8-17-14/h2-6,9-10,14H,7-8H2,1H3/t14-/m1/s1. The van der Waals surface area contributed by atoms with Crippen LogP contribution in [0.4, 0.5) is 0 Å². The molecule has 1 fully saturated rings. The summed E-state index contributed by atoms with van der Waals surface area (Å²) in [6, 6.07) is 10.7. The van der Waals surface area contributed by atoms with Crippen LogP contribution in [-0.4, -0.2) is 16.9 Å². The van der Waals surface area contributed by atoms with Crippen molar-refractivity contribution in [1.29, 1.82) is 0 Å². The third kappa shape index (κ3) is 2.26. The van der Waals surface area contributed by atoms with Crippen LogP contribution < -0.4 is 0 Å². The fourth-order valence-corrected chi connectivity index (χ4v) is 2.98. The van der Waals surface area contributed by atoms with Crippen LogP contribution >= 0.6 is 11.8 Å². The summed E-state index contributed by atoms with van der Waals surface area (Å²) in [6.45, 7) is 2.98. The van der Waals surface area contributed by atoms with Gasteiger partial charge in [0.1, 0.15) is 5.44 Å². The quantitative estimate of drug-likeness (QED) is 0.803. The van der Waals surface area contributed by atoms with E-state index < -0.39 is 0 Å². The summed E-state index contributed by atoms with van der Waals surface area (Å²) >= 11 is 1.87. The Morgan fingerprint density at radius 2 is 2.29 bits per heavy atom. The van der Waals surface area contributed by atoms with Gasteiger partial charge in [0.25, 0.3) is 0 Å². The molecular weight excluding hydrogens is 230 g/mol. The van der Waals surface area contributed by atoms with Gasteiger partial charge in [0, 0.05) is 29.4 Å². The smallest absolute Gasteiger partial charge is 0.130 e. The van der Waals surface area contributed by atoms with Crippen molar-refractivity contribution in [3.05, 3.63) is 53.9 Å². The summed E-state index contributed by atoms with van der Waals surface area (Å²) in [4.78, 5) is 0. The molecule has 0 unspecified atom stereocenters. The molecule has 1 aliphatic heterocycles. The Kier molecular flexibility index (Phi) is 2.95. The fraction of sp³-hybridized carbons (Fsp3) is 0.286. The molecule has 1 saturated heterocycles. The normalized spacial score (nSPS) is 19.7. The Bertz CT molecular complexity index is 514. The molecule has 1 atom stereocenters. The third-order valence-electron chi connectivity index (χ3n) is 2.91. The number of hydrogen-bond acceptors (Lipinski definition) is 2. The molecule has 0 radical (unpaired) electrons. The largest absolute Gasteiger partial charge is 0.362 e. The molecule has 2 nitrogen and oxygen atoms in total. The van der Waals surface area contributed by atoms with Crippen molar-refractivity contribution in [3.8, 4) is 5.69 Å². The number of nitrogens with zero attached hydrogens (tertiary/aromatic N) is 1. The van der Waals surface area contributed by atoms with Crippen molar-refractivity contribution in [2.45, 2.75) is 12.4 Å².